The van der Waals surface area contributed by atoms with Crippen LogP contribution in [0.3, 0.4) is 0 Å². The molecule has 0 aliphatic carbocycles. The number of nitrogens with one attached hydrogen (secondary N) is 1. The van der Waals surface area contributed by atoms with Crippen LogP contribution in [0.5, 0.6) is 0 Å². The third-order valence-electron chi connectivity index (χ3n) is 3.81. The van der Waals surface area contributed by atoms with Crippen LogP contribution in [0.2, 0.25) is 0 Å². The molecule has 144 valence electrons. The van der Waals surface area contributed by atoms with Gasteiger partial charge in [0.2, 0.25) is 5.96 Å². The fourth-order valence-corrected chi connectivity index (χ4v) is 2.46. The third-order valence-corrected chi connectivity index (χ3v) is 3.81. The lowest BCUT2D eigenvalue weighted by Gasteiger charge is -2.28. The Morgan fingerprint density at radius 3 is 2.73 bits per heavy atom. The number of nitrogens with zero attached hydrogens (tertiary/aromatic N) is 3. The average Bonchev–Trinajstić information content (AvgIpc) is 2.68. The quantitative estimate of drug-likeness (QED) is 0.324. The molecule has 6 heteroatoms. The minimum absolute atomic E-state index is 0. The van der Waals surface area contributed by atoms with Crippen LogP contribution in [0.25, 0.3) is 0 Å². The number of benzene rings is 1. The van der Waals surface area contributed by atoms with Crippen molar-refractivity contribution in [3.8, 4) is 0 Å². The molecule has 1 aromatic rings. The van der Waals surface area contributed by atoms with Crippen molar-refractivity contribution in [1.82, 2.24) is 5.32 Å². The highest BCUT2D eigenvalue weighted by molar-refractivity contribution is 5.91. The SMILES string of the molecule is CCCNC/C=C/C=C/C=N/C(N)=Nc1ccc(N2CCOCC2)cc1.[HH].[HH]. The number of guanidine groups is 1. The van der Waals surface area contributed by atoms with Gasteiger partial charge in [0.05, 0.1) is 18.9 Å². The smallest absolute Gasteiger partial charge is 0.220 e. The minimum atomic E-state index is 0. The number of rotatable bonds is 8. The normalized spacial score (nSPS) is 16.3. The lowest BCUT2D eigenvalue weighted by molar-refractivity contribution is 0.122. The van der Waals surface area contributed by atoms with Gasteiger partial charge in [-0.2, -0.15) is 0 Å². The minimum Gasteiger partial charge on any atom is -0.378 e. The van der Waals surface area contributed by atoms with Gasteiger partial charge in [-0.3, -0.25) is 0 Å². The Balaban J connectivity index is 0.00000364. The number of allylic oxidation sites excluding steroid dienone is 3. The van der Waals surface area contributed by atoms with E-state index in [1.54, 1.807) is 6.21 Å². The van der Waals surface area contributed by atoms with Gasteiger partial charge in [-0.25, -0.2) is 9.98 Å². The van der Waals surface area contributed by atoms with Gasteiger partial charge in [-0.1, -0.05) is 25.2 Å². The summed E-state index contributed by atoms with van der Waals surface area (Å²) in [6.07, 6.45) is 10.6. The van der Waals surface area contributed by atoms with Crippen molar-refractivity contribution >= 4 is 23.5 Å². The maximum absolute atomic E-state index is 5.85. The van der Waals surface area contributed by atoms with Crippen LogP contribution in [0.4, 0.5) is 11.4 Å². The summed E-state index contributed by atoms with van der Waals surface area (Å²) < 4.78 is 5.37. The fourth-order valence-electron chi connectivity index (χ4n) is 2.46. The highest BCUT2D eigenvalue weighted by atomic mass is 16.5. The number of anilines is 1. The molecule has 2 rings (SSSR count). The molecule has 0 radical (unpaired) electrons. The molecule has 0 saturated carbocycles. The maximum atomic E-state index is 5.85. The standard InChI is InChI=1S/C20H29N5O.2H2/c1-2-11-22-12-5-3-4-6-13-23-20(21)24-18-7-9-19(10-8-18)25-14-16-26-17-15-25;;/h3-10,13,22H,2,11-12,14-17H2,1H3,(H2,21,24);2*1H/b5-3+,6-4+,23-13+;;. The molecule has 0 atom stereocenters. The number of hydrogen-bond acceptors (Lipinski definition) is 4. The van der Waals surface area contributed by atoms with Crippen LogP contribution < -0.4 is 16.0 Å². The summed E-state index contributed by atoms with van der Waals surface area (Å²) in [5.41, 5.74) is 7.82. The second-order valence-corrected chi connectivity index (χ2v) is 5.88. The molecule has 1 saturated heterocycles. The zero-order chi connectivity index (χ0) is 18.5. The molecule has 0 amide bonds. The predicted octanol–water partition coefficient (Wildman–Crippen LogP) is 3.14. The zero-order valence-corrected chi connectivity index (χ0v) is 15.5. The second-order valence-electron chi connectivity index (χ2n) is 5.88. The molecule has 1 aromatic carbocycles. The fraction of sp³-hybridized carbons (Fsp3) is 0.400. The Morgan fingerprint density at radius 2 is 2.00 bits per heavy atom. The van der Waals surface area contributed by atoms with Crippen molar-refractivity contribution in [3.63, 3.8) is 0 Å². The van der Waals surface area contributed by atoms with E-state index in [-0.39, 0.29) is 8.81 Å². The monoisotopic (exact) mass is 359 g/mol. The van der Waals surface area contributed by atoms with E-state index in [4.69, 9.17) is 10.5 Å². The van der Waals surface area contributed by atoms with Crippen LogP contribution >= 0.6 is 0 Å². The predicted molar refractivity (Wildman–Crippen MR) is 115 cm³/mol. The van der Waals surface area contributed by atoms with Crippen LogP contribution in [-0.4, -0.2) is 51.6 Å². The van der Waals surface area contributed by atoms with Crippen LogP contribution in [0.15, 0.2) is 58.6 Å². The van der Waals surface area contributed by atoms with Gasteiger partial charge in [0.25, 0.3) is 0 Å². The topological polar surface area (TPSA) is 75.2 Å². The summed E-state index contributed by atoms with van der Waals surface area (Å²) in [5.74, 6) is 0.238. The molecule has 0 bridgehead atoms. The molecule has 6 nitrogen and oxygen atoms in total. The van der Waals surface area contributed by atoms with Gasteiger partial charge in [0.1, 0.15) is 0 Å². The van der Waals surface area contributed by atoms with Crippen molar-refractivity contribution in [2.24, 2.45) is 15.7 Å². The highest BCUT2D eigenvalue weighted by Crippen LogP contribution is 2.20. The summed E-state index contributed by atoms with van der Waals surface area (Å²) in [6.45, 7) is 7.46. The van der Waals surface area contributed by atoms with Gasteiger partial charge in [0.15, 0.2) is 0 Å². The Hall–Kier alpha value is -2.44. The van der Waals surface area contributed by atoms with Crippen LogP contribution in [-0.2, 0) is 4.74 Å². The van der Waals surface area contributed by atoms with Crippen molar-refractivity contribution in [2.75, 3.05) is 44.3 Å². The molecule has 0 aromatic heterocycles. The van der Waals surface area contributed by atoms with E-state index in [1.165, 1.54) is 5.69 Å². The van der Waals surface area contributed by atoms with Crippen LogP contribution in [0.1, 0.15) is 16.2 Å². The number of ether oxygens (including phenoxy) is 1. The van der Waals surface area contributed by atoms with E-state index in [1.807, 2.05) is 30.4 Å². The Bertz CT molecular complexity index is 639. The van der Waals surface area contributed by atoms with Crippen LogP contribution in [0, 0.1) is 0 Å². The number of aliphatic imine (C=N–C) groups is 2. The molecule has 1 fully saturated rings. The Kier molecular flexibility index (Phi) is 9.18. The summed E-state index contributed by atoms with van der Waals surface area (Å²) in [5, 5.41) is 3.29. The second kappa shape index (κ2) is 12.0. The summed E-state index contributed by atoms with van der Waals surface area (Å²) in [6, 6.07) is 8.01. The third kappa shape index (κ3) is 7.63. The largest absolute Gasteiger partial charge is 0.378 e. The molecule has 1 heterocycles. The lowest BCUT2D eigenvalue weighted by atomic mass is 10.2. The maximum Gasteiger partial charge on any atom is 0.220 e. The van der Waals surface area contributed by atoms with Crippen molar-refractivity contribution in [1.29, 1.82) is 0 Å². The molecular formula is C20H33N5O. The molecule has 26 heavy (non-hydrogen) atoms. The van der Waals surface area contributed by atoms with Crippen molar-refractivity contribution in [3.05, 3.63) is 48.6 Å². The lowest BCUT2D eigenvalue weighted by Crippen LogP contribution is -2.36. The first kappa shape index (κ1) is 19.9. The zero-order valence-electron chi connectivity index (χ0n) is 15.5. The van der Waals surface area contributed by atoms with Gasteiger partial charge in [-0.15, -0.1) is 0 Å². The van der Waals surface area contributed by atoms with Gasteiger partial charge in [0, 0.05) is 34.4 Å². The van der Waals surface area contributed by atoms with Gasteiger partial charge < -0.3 is 20.7 Å². The molecule has 1 aliphatic heterocycles. The van der Waals surface area contributed by atoms with Crippen molar-refractivity contribution in [2.45, 2.75) is 13.3 Å². The Labute approximate surface area is 159 Å². The number of nitrogens with two attached hydrogens (primary N) is 1. The first-order chi connectivity index (χ1) is 12.8. The molecule has 0 spiro atoms. The van der Waals surface area contributed by atoms with E-state index < -0.39 is 0 Å². The van der Waals surface area contributed by atoms with E-state index in [0.717, 1.165) is 51.5 Å². The summed E-state index contributed by atoms with van der Waals surface area (Å²) in [4.78, 5) is 10.7. The molecule has 3 N–H and O–H groups in total. The molecular weight excluding hydrogens is 326 g/mol. The summed E-state index contributed by atoms with van der Waals surface area (Å²) >= 11 is 0. The molecule has 0 unspecified atom stereocenters. The van der Waals surface area contributed by atoms with Gasteiger partial charge in [-0.05, 0) is 43.3 Å². The molecule has 1 aliphatic rings. The van der Waals surface area contributed by atoms with E-state index in [9.17, 15) is 0 Å². The average molecular weight is 360 g/mol. The van der Waals surface area contributed by atoms with E-state index in [2.05, 4.69) is 45.3 Å². The first-order valence-corrected chi connectivity index (χ1v) is 9.13. The number of morpholine rings is 1. The highest BCUT2D eigenvalue weighted by Gasteiger charge is 2.10. The van der Waals surface area contributed by atoms with E-state index >= 15 is 0 Å². The number of hydrogen-bond donors (Lipinski definition) is 2. The van der Waals surface area contributed by atoms with E-state index in [0.29, 0.717) is 0 Å². The summed E-state index contributed by atoms with van der Waals surface area (Å²) in [7, 11) is 0. The van der Waals surface area contributed by atoms with Crippen molar-refractivity contribution < 1.29 is 7.59 Å². The van der Waals surface area contributed by atoms with Gasteiger partial charge >= 0.3 is 0 Å². The first-order valence-electron chi connectivity index (χ1n) is 9.13. The Morgan fingerprint density at radius 1 is 1.23 bits per heavy atom.